The maximum atomic E-state index is 5.68. The standard InChI is InChI=1S/C13H15N5/c1-17-13(15-9-16-17)8-18-5-4-11-3-2-10(7-14)6-12(11)18/h2-6,9H,7-8,14H2,1H3. The van der Waals surface area contributed by atoms with Gasteiger partial charge in [-0.15, -0.1) is 0 Å². The van der Waals surface area contributed by atoms with Gasteiger partial charge in [0.15, 0.2) is 0 Å². The van der Waals surface area contributed by atoms with Crippen LogP contribution in [-0.2, 0) is 20.1 Å². The van der Waals surface area contributed by atoms with Crippen molar-refractivity contribution in [3.63, 3.8) is 0 Å². The highest BCUT2D eigenvalue weighted by molar-refractivity contribution is 5.80. The molecule has 0 saturated carbocycles. The molecule has 0 atom stereocenters. The number of aryl methyl sites for hydroxylation is 1. The second-order valence-corrected chi connectivity index (χ2v) is 4.34. The third kappa shape index (κ3) is 1.78. The number of nitrogens with two attached hydrogens (primary N) is 1. The molecule has 0 aliphatic carbocycles. The molecular formula is C13H15N5. The SMILES string of the molecule is Cn1ncnc1Cn1ccc2ccc(CN)cc21. The van der Waals surface area contributed by atoms with Gasteiger partial charge in [0.2, 0.25) is 0 Å². The number of hydrogen-bond donors (Lipinski definition) is 1. The van der Waals surface area contributed by atoms with Crippen LogP contribution in [0.5, 0.6) is 0 Å². The molecule has 0 bridgehead atoms. The highest BCUT2D eigenvalue weighted by Crippen LogP contribution is 2.18. The molecule has 0 amide bonds. The molecule has 3 aromatic rings. The van der Waals surface area contributed by atoms with Gasteiger partial charge in [-0.05, 0) is 23.1 Å². The molecule has 3 rings (SSSR count). The van der Waals surface area contributed by atoms with Crippen LogP contribution >= 0.6 is 0 Å². The minimum absolute atomic E-state index is 0.561. The smallest absolute Gasteiger partial charge is 0.146 e. The van der Waals surface area contributed by atoms with Gasteiger partial charge in [-0.2, -0.15) is 5.10 Å². The molecular weight excluding hydrogens is 226 g/mol. The zero-order chi connectivity index (χ0) is 12.5. The first kappa shape index (κ1) is 11.0. The molecule has 0 fully saturated rings. The predicted octanol–water partition coefficient (Wildman–Crippen LogP) is 1.28. The van der Waals surface area contributed by atoms with E-state index in [0.29, 0.717) is 13.1 Å². The summed E-state index contributed by atoms with van der Waals surface area (Å²) in [5, 5.41) is 5.30. The molecule has 0 aliphatic rings. The summed E-state index contributed by atoms with van der Waals surface area (Å²) in [5.74, 6) is 0.936. The summed E-state index contributed by atoms with van der Waals surface area (Å²) < 4.78 is 3.96. The maximum absolute atomic E-state index is 5.68. The van der Waals surface area contributed by atoms with Crippen molar-refractivity contribution in [3.05, 3.63) is 48.2 Å². The fraction of sp³-hybridized carbons (Fsp3) is 0.231. The number of hydrogen-bond acceptors (Lipinski definition) is 3. The average Bonchev–Trinajstić information content (AvgIpc) is 2.97. The van der Waals surface area contributed by atoms with Gasteiger partial charge in [0.25, 0.3) is 0 Å². The van der Waals surface area contributed by atoms with Crippen molar-refractivity contribution in [3.8, 4) is 0 Å². The van der Waals surface area contributed by atoms with Crippen LogP contribution in [0.2, 0.25) is 0 Å². The van der Waals surface area contributed by atoms with Crippen molar-refractivity contribution in [2.75, 3.05) is 0 Å². The van der Waals surface area contributed by atoms with Crippen molar-refractivity contribution < 1.29 is 0 Å². The van der Waals surface area contributed by atoms with Crippen LogP contribution in [-0.4, -0.2) is 19.3 Å². The summed E-state index contributed by atoms with van der Waals surface area (Å²) >= 11 is 0. The van der Waals surface area contributed by atoms with Gasteiger partial charge in [0, 0.05) is 25.3 Å². The Morgan fingerprint density at radius 2 is 2.17 bits per heavy atom. The van der Waals surface area contributed by atoms with E-state index >= 15 is 0 Å². The molecule has 0 saturated heterocycles. The van der Waals surface area contributed by atoms with Crippen molar-refractivity contribution >= 4 is 10.9 Å². The molecule has 0 spiro atoms. The maximum Gasteiger partial charge on any atom is 0.146 e. The minimum atomic E-state index is 0.561. The van der Waals surface area contributed by atoms with Gasteiger partial charge in [0.05, 0.1) is 6.54 Å². The fourth-order valence-electron chi connectivity index (χ4n) is 2.11. The first-order chi connectivity index (χ1) is 8.78. The van der Waals surface area contributed by atoms with E-state index in [1.165, 1.54) is 10.9 Å². The lowest BCUT2D eigenvalue weighted by molar-refractivity contribution is 0.664. The van der Waals surface area contributed by atoms with Gasteiger partial charge in [-0.3, -0.25) is 4.68 Å². The summed E-state index contributed by atoms with van der Waals surface area (Å²) in [6.07, 6.45) is 3.64. The second kappa shape index (κ2) is 4.27. The average molecular weight is 241 g/mol. The van der Waals surface area contributed by atoms with Crippen LogP contribution in [0.25, 0.3) is 10.9 Å². The van der Waals surface area contributed by atoms with Crippen molar-refractivity contribution in [1.82, 2.24) is 19.3 Å². The zero-order valence-corrected chi connectivity index (χ0v) is 10.2. The zero-order valence-electron chi connectivity index (χ0n) is 10.2. The molecule has 5 nitrogen and oxygen atoms in total. The van der Waals surface area contributed by atoms with Crippen LogP contribution in [0.4, 0.5) is 0 Å². The first-order valence-electron chi connectivity index (χ1n) is 5.88. The molecule has 2 aromatic heterocycles. The Kier molecular flexibility index (Phi) is 2.60. The van der Waals surface area contributed by atoms with Crippen LogP contribution in [0, 0.1) is 0 Å². The molecule has 92 valence electrons. The van der Waals surface area contributed by atoms with E-state index < -0.39 is 0 Å². The van der Waals surface area contributed by atoms with E-state index in [-0.39, 0.29) is 0 Å². The largest absolute Gasteiger partial charge is 0.340 e. The molecule has 0 aliphatic heterocycles. The topological polar surface area (TPSA) is 61.7 Å². The summed E-state index contributed by atoms with van der Waals surface area (Å²) in [7, 11) is 1.90. The number of benzene rings is 1. The molecule has 18 heavy (non-hydrogen) atoms. The number of fused-ring (bicyclic) bond motifs is 1. The Morgan fingerprint density at radius 1 is 1.28 bits per heavy atom. The highest BCUT2D eigenvalue weighted by Gasteiger charge is 2.05. The molecule has 5 heteroatoms. The number of rotatable bonds is 3. The summed E-state index contributed by atoms with van der Waals surface area (Å²) in [4.78, 5) is 4.25. The van der Waals surface area contributed by atoms with Crippen molar-refractivity contribution in [1.29, 1.82) is 0 Å². The second-order valence-electron chi connectivity index (χ2n) is 4.34. The minimum Gasteiger partial charge on any atom is -0.340 e. The number of aromatic nitrogens is 4. The highest BCUT2D eigenvalue weighted by atomic mass is 15.3. The quantitative estimate of drug-likeness (QED) is 0.751. The van der Waals surface area contributed by atoms with Gasteiger partial charge in [0.1, 0.15) is 12.2 Å². The van der Waals surface area contributed by atoms with E-state index in [1.807, 2.05) is 7.05 Å². The Hall–Kier alpha value is -2.14. The van der Waals surface area contributed by atoms with E-state index in [9.17, 15) is 0 Å². The van der Waals surface area contributed by atoms with E-state index in [2.05, 4.69) is 45.1 Å². The lowest BCUT2D eigenvalue weighted by atomic mass is 10.1. The lowest BCUT2D eigenvalue weighted by Gasteiger charge is -2.06. The Bertz CT molecular complexity index is 680. The first-order valence-corrected chi connectivity index (χ1v) is 5.88. The normalized spacial score (nSPS) is 11.2. The lowest BCUT2D eigenvalue weighted by Crippen LogP contribution is -2.06. The molecule has 0 unspecified atom stereocenters. The third-order valence-corrected chi connectivity index (χ3v) is 3.19. The number of nitrogens with zero attached hydrogens (tertiary/aromatic N) is 4. The molecule has 2 heterocycles. The molecule has 1 aromatic carbocycles. The van der Waals surface area contributed by atoms with Gasteiger partial charge >= 0.3 is 0 Å². The predicted molar refractivity (Wildman–Crippen MR) is 69.9 cm³/mol. The molecule has 0 radical (unpaired) electrons. The summed E-state index contributed by atoms with van der Waals surface area (Å²) in [6.45, 7) is 1.28. The van der Waals surface area contributed by atoms with Crippen LogP contribution in [0.3, 0.4) is 0 Å². The fourth-order valence-corrected chi connectivity index (χ4v) is 2.11. The van der Waals surface area contributed by atoms with Crippen molar-refractivity contribution in [2.45, 2.75) is 13.1 Å². The van der Waals surface area contributed by atoms with Gasteiger partial charge < -0.3 is 10.3 Å². The Balaban J connectivity index is 2.04. The van der Waals surface area contributed by atoms with Gasteiger partial charge in [-0.25, -0.2) is 4.98 Å². The monoisotopic (exact) mass is 241 g/mol. The van der Waals surface area contributed by atoms with Crippen LogP contribution in [0.15, 0.2) is 36.8 Å². The summed E-state index contributed by atoms with van der Waals surface area (Å²) in [5.41, 5.74) is 8.00. The van der Waals surface area contributed by atoms with Gasteiger partial charge in [-0.1, -0.05) is 12.1 Å². The third-order valence-electron chi connectivity index (χ3n) is 3.19. The van der Waals surface area contributed by atoms with Crippen LogP contribution < -0.4 is 5.73 Å². The molecule has 2 N–H and O–H groups in total. The van der Waals surface area contributed by atoms with E-state index in [0.717, 1.165) is 11.4 Å². The van der Waals surface area contributed by atoms with Crippen LogP contribution in [0.1, 0.15) is 11.4 Å². The Morgan fingerprint density at radius 3 is 2.89 bits per heavy atom. The summed E-state index contributed by atoms with van der Waals surface area (Å²) in [6, 6.07) is 8.40. The van der Waals surface area contributed by atoms with Crippen molar-refractivity contribution in [2.24, 2.45) is 12.8 Å². The Labute approximate surface area is 105 Å². The van der Waals surface area contributed by atoms with E-state index in [4.69, 9.17) is 5.73 Å². The van der Waals surface area contributed by atoms with E-state index in [1.54, 1.807) is 11.0 Å².